The van der Waals surface area contributed by atoms with Gasteiger partial charge in [0.1, 0.15) is 0 Å². The first-order valence-electron chi connectivity index (χ1n) is 18.1. The van der Waals surface area contributed by atoms with Crippen molar-refractivity contribution >= 4 is 5.97 Å². The topological polar surface area (TPSA) is 156 Å². The summed E-state index contributed by atoms with van der Waals surface area (Å²) in [4.78, 5) is 11.7. The minimum atomic E-state index is -1.57. The number of rotatable bonds is 10. The number of hydrogen-bond donors (Lipinski definition) is 3. The summed E-state index contributed by atoms with van der Waals surface area (Å²) in [6.45, 7) is 15.4. The molecule has 5 fully saturated rings. The Hall–Kier alpha value is 0.110. The maximum Gasteiger partial charge on any atom is 1.00 e. The molecule has 12 heteroatoms. The van der Waals surface area contributed by atoms with E-state index < -0.39 is 59.6 Å². The van der Waals surface area contributed by atoms with Crippen molar-refractivity contribution in [2.45, 2.75) is 172 Å². The average molecular weight is 693 g/mol. The van der Waals surface area contributed by atoms with Gasteiger partial charge in [-0.25, -0.2) is 0 Å². The molecule has 5 aliphatic heterocycles. The molecule has 5 saturated heterocycles. The summed E-state index contributed by atoms with van der Waals surface area (Å²) in [5.74, 6) is -4.97. The molecule has 3 N–H and O–H groups in total. The van der Waals surface area contributed by atoms with Crippen LogP contribution in [0.25, 0.3) is 0 Å². The molecule has 0 bridgehead atoms. The zero-order chi connectivity index (χ0) is 34.7. The number of aliphatic hydroxyl groups excluding tert-OH is 2. The van der Waals surface area contributed by atoms with E-state index in [1.54, 1.807) is 6.92 Å². The summed E-state index contributed by atoms with van der Waals surface area (Å²) in [5, 5.41) is 43.9. The van der Waals surface area contributed by atoms with Gasteiger partial charge in [0.05, 0.1) is 60.5 Å². The van der Waals surface area contributed by atoms with Gasteiger partial charge in [-0.15, -0.1) is 0 Å². The van der Waals surface area contributed by atoms with Crippen LogP contribution in [0, 0.1) is 35.5 Å². The maximum atomic E-state index is 11.7. The van der Waals surface area contributed by atoms with Crippen LogP contribution in [0.4, 0.5) is 0 Å². The zero-order valence-corrected chi connectivity index (χ0v) is 33.0. The van der Waals surface area contributed by atoms with Crippen LogP contribution in [-0.4, -0.2) is 101 Å². The third-order valence-electron chi connectivity index (χ3n) is 13.0. The number of carbonyl (C=O) groups excluding carboxylic acids is 1. The first-order chi connectivity index (χ1) is 22.0. The summed E-state index contributed by atoms with van der Waals surface area (Å²) in [6, 6.07) is 0. The Balaban J connectivity index is 0.00000520. The van der Waals surface area contributed by atoms with Crippen molar-refractivity contribution in [1.29, 1.82) is 0 Å². The van der Waals surface area contributed by atoms with Crippen molar-refractivity contribution in [3.63, 3.8) is 0 Å². The second-order valence-electron chi connectivity index (χ2n) is 16.3. The number of aliphatic carboxylic acids is 1. The molecule has 17 atom stereocenters. The van der Waals surface area contributed by atoms with E-state index >= 15 is 0 Å². The smallest absolute Gasteiger partial charge is 0.550 e. The fourth-order valence-electron chi connectivity index (χ4n) is 9.91. The Morgan fingerprint density at radius 3 is 2.33 bits per heavy atom. The molecule has 0 aromatic heterocycles. The first-order valence-corrected chi connectivity index (χ1v) is 18.1. The predicted molar refractivity (Wildman–Crippen MR) is 170 cm³/mol. The molecule has 0 aromatic rings. The summed E-state index contributed by atoms with van der Waals surface area (Å²) >= 11 is 0. The van der Waals surface area contributed by atoms with Crippen LogP contribution in [0.2, 0.25) is 0 Å². The first kappa shape index (κ1) is 40.9. The molecule has 5 aliphatic rings. The maximum absolute atomic E-state index is 11.7. The van der Waals surface area contributed by atoms with Crippen LogP contribution in [0.1, 0.15) is 107 Å². The molecule has 272 valence electrons. The van der Waals surface area contributed by atoms with Gasteiger partial charge in [0.25, 0.3) is 0 Å². The van der Waals surface area contributed by atoms with Gasteiger partial charge in [-0.3, -0.25) is 0 Å². The minimum absolute atomic E-state index is 0. The van der Waals surface area contributed by atoms with Crippen molar-refractivity contribution < 1.29 is 83.2 Å². The van der Waals surface area contributed by atoms with E-state index in [1.807, 2.05) is 20.8 Å². The quantitative estimate of drug-likeness (QED) is 0.264. The second-order valence-corrected chi connectivity index (χ2v) is 16.3. The van der Waals surface area contributed by atoms with Crippen LogP contribution >= 0.6 is 0 Å². The SMILES string of the molecule is CC[C@@]1([C@@H]2OC([C@H]3O[C@@](O)(CO)[C@H](C)C[C@@H]3C)C[C@@H]2C)CCC([C@]2(C)CC[C@]3(C[C@H](O)[C@@H](C)C([C@@H](C)[C@@H](OC)[C@H](C)C(=O)[O-])O3)O2)O1.[Na+]. The Morgan fingerprint density at radius 2 is 1.73 bits per heavy atom. The predicted octanol–water partition coefficient (Wildman–Crippen LogP) is -0.0578. The van der Waals surface area contributed by atoms with Gasteiger partial charge in [-0.05, 0) is 57.3 Å². The number of carboxylic acids is 1. The second kappa shape index (κ2) is 15.2. The van der Waals surface area contributed by atoms with E-state index in [9.17, 15) is 25.2 Å². The summed E-state index contributed by atoms with van der Waals surface area (Å²) < 4.78 is 39.3. The number of ether oxygens (including phenoxy) is 6. The summed E-state index contributed by atoms with van der Waals surface area (Å²) in [7, 11) is 1.50. The van der Waals surface area contributed by atoms with Crippen LogP contribution in [0.15, 0.2) is 0 Å². The van der Waals surface area contributed by atoms with E-state index in [0.717, 1.165) is 32.1 Å². The molecule has 0 radical (unpaired) electrons. The third-order valence-corrected chi connectivity index (χ3v) is 13.0. The van der Waals surface area contributed by atoms with E-state index in [2.05, 4.69) is 27.7 Å². The van der Waals surface area contributed by atoms with Crippen molar-refractivity contribution in [2.24, 2.45) is 35.5 Å². The van der Waals surface area contributed by atoms with Gasteiger partial charge in [-0.1, -0.05) is 48.5 Å². The Bertz CT molecular complexity index is 1110. The van der Waals surface area contributed by atoms with Crippen molar-refractivity contribution in [1.82, 2.24) is 0 Å². The Labute approximate surface area is 309 Å². The molecule has 3 unspecified atom stereocenters. The molecule has 0 amide bonds. The number of carbonyl (C=O) groups is 1. The average Bonchev–Trinajstić information content (AvgIpc) is 3.73. The monoisotopic (exact) mass is 692 g/mol. The van der Waals surface area contributed by atoms with Crippen LogP contribution in [0.3, 0.4) is 0 Å². The molecule has 1 spiro atoms. The Kier molecular flexibility index (Phi) is 13.0. The van der Waals surface area contributed by atoms with Crippen molar-refractivity contribution in [3.05, 3.63) is 0 Å². The molecule has 0 aliphatic carbocycles. The van der Waals surface area contributed by atoms with Gasteiger partial charge >= 0.3 is 29.6 Å². The van der Waals surface area contributed by atoms with Crippen LogP contribution in [0.5, 0.6) is 0 Å². The summed E-state index contributed by atoms with van der Waals surface area (Å²) in [5.41, 5.74) is -1.16. The third kappa shape index (κ3) is 7.33. The van der Waals surface area contributed by atoms with E-state index in [-0.39, 0.29) is 83.6 Å². The van der Waals surface area contributed by atoms with Crippen molar-refractivity contribution in [3.8, 4) is 0 Å². The fourth-order valence-corrected chi connectivity index (χ4v) is 9.91. The molecule has 5 rings (SSSR count). The van der Waals surface area contributed by atoms with Gasteiger partial charge in [0, 0.05) is 49.6 Å². The molecule has 0 aromatic carbocycles. The largest absolute Gasteiger partial charge is 1.00 e. The van der Waals surface area contributed by atoms with Gasteiger partial charge < -0.3 is 53.6 Å². The number of hydrogen-bond acceptors (Lipinski definition) is 11. The fraction of sp³-hybridized carbons (Fsp3) is 0.972. The Morgan fingerprint density at radius 1 is 1.04 bits per heavy atom. The molecule has 11 nitrogen and oxygen atoms in total. The molecule has 5 heterocycles. The molecule has 0 saturated carbocycles. The number of methoxy groups -OCH3 is 1. The zero-order valence-electron chi connectivity index (χ0n) is 31.0. The van der Waals surface area contributed by atoms with E-state index in [0.29, 0.717) is 19.3 Å². The van der Waals surface area contributed by atoms with E-state index in [4.69, 9.17) is 28.4 Å². The van der Waals surface area contributed by atoms with Gasteiger partial charge in [-0.2, -0.15) is 0 Å². The van der Waals surface area contributed by atoms with Crippen molar-refractivity contribution in [2.75, 3.05) is 13.7 Å². The minimum Gasteiger partial charge on any atom is -0.550 e. The molecular formula is C36H61NaO11. The molecule has 48 heavy (non-hydrogen) atoms. The van der Waals surface area contributed by atoms with Crippen LogP contribution < -0.4 is 34.7 Å². The number of aliphatic hydroxyl groups is 3. The number of carboxylic acid groups (broad SMARTS) is 1. The molecular weight excluding hydrogens is 631 g/mol. The van der Waals surface area contributed by atoms with E-state index in [1.165, 1.54) is 7.11 Å². The summed E-state index contributed by atoms with van der Waals surface area (Å²) in [6.07, 6.45) is 2.81. The van der Waals surface area contributed by atoms with Gasteiger partial charge in [0.15, 0.2) is 11.6 Å². The standard InChI is InChI=1S/C36H62O11.Na/c1-10-34(31-20(3)16-26(43-31)28-19(2)15-21(4)36(41,18-37)46-28)12-11-27(44-34)33(8)13-14-35(47-33)17-25(38)22(5)30(45-35)23(6)29(42-9)24(7)32(39)40;/h19-31,37-38,41H,10-18H2,1-9H3,(H,39,40);/q;+1/p-1/t19-,20-,21+,22+,23-,24-,25-,26?,27?,28-,29+,30?,31+,33-,34-,35+,36-;/m0./s1. The van der Waals surface area contributed by atoms with Crippen LogP contribution in [-0.2, 0) is 33.2 Å². The normalized spacial score (nSPS) is 49.8. The van der Waals surface area contributed by atoms with Gasteiger partial charge in [0.2, 0.25) is 0 Å².